The lowest BCUT2D eigenvalue weighted by molar-refractivity contribution is 0.277. The standard InChI is InChI=1S/C11H12ClN3O/c1-2-15-11(10(7-16)13-14-15)8-5-3-4-6-9(8)12/h3-6,16H,2,7H2,1H3. The molecular weight excluding hydrogens is 226 g/mol. The number of rotatable bonds is 3. The number of aliphatic hydroxyl groups excluding tert-OH is 1. The third-order valence-corrected chi connectivity index (χ3v) is 2.71. The maximum atomic E-state index is 9.22. The van der Waals surface area contributed by atoms with Crippen molar-refractivity contribution in [2.24, 2.45) is 0 Å². The molecule has 1 heterocycles. The first-order valence-corrected chi connectivity index (χ1v) is 5.43. The minimum atomic E-state index is -0.138. The van der Waals surface area contributed by atoms with Gasteiger partial charge in [0, 0.05) is 12.1 Å². The van der Waals surface area contributed by atoms with Crippen molar-refractivity contribution in [2.75, 3.05) is 0 Å². The molecule has 0 amide bonds. The van der Waals surface area contributed by atoms with E-state index in [1.54, 1.807) is 4.68 Å². The van der Waals surface area contributed by atoms with E-state index in [1.807, 2.05) is 31.2 Å². The molecule has 1 aromatic carbocycles. The monoisotopic (exact) mass is 237 g/mol. The van der Waals surface area contributed by atoms with Crippen molar-refractivity contribution in [1.82, 2.24) is 15.0 Å². The van der Waals surface area contributed by atoms with Crippen LogP contribution in [0.4, 0.5) is 0 Å². The molecule has 0 radical (unpaired) electrons. The van der Waals surface area contributed by atoms with Gasteiger partial charge in [0.15, 0.2) is 0 Å². The minimum Gasteiger partial charge on any atom is -0.390 e. The second kappa shape index (κ2) is 4.63. The Balaban J connectivity index is 2.62. The number of halogens is 1. The molecule has 0 saturated heterocycles. The smallest absolute Gasteiger partial charge is 0.116 e. The number of aliphatic hydroxyl groups is 1. The summed E-state index contributed by atoms with van der Waals surface area (Å²) >= 11 is 6.12. The third-order valence-electron chi connectivity index (χ3n) is 2.38. The van der Waals surface area contributed by atoms with Gasteiger partial charge in [0.25, 0.3) is 0 Å². The Hall–Kier alpha value is -1.39. The summed E-state index contributed by atoms with van der Waals surface area (Å²) in [5.74, 6) is 0. The van der Waals surface area contributed by atoms with Gasteiger partial charge in [-0.2, -0.15) is 0 Å². The molecule has 84 valence electrons. The number of benzene rings is 1. The quantitative estimate of drug-likeness (QED) is 0.890. The molecule has 2 aromatic rings. The second-order valence-corrected chi connectivity index (χ2v) is 3.75. The van der Waals surface area contributed by atoms with E-state index in [2.05, 4.69) is 10.3 Å². The first kappa shape index (κ1) is 11.1. The molecule has 0 aliphatic carbocycles. The Kier molecular flexibility index (Phi) is 3.22. The van der Waals surface area contributed by atoms with E-state index in [0.717, 1.165) is 11.3 Å². The summed E-state index contributed by atoms with van der Waals surface area (Å²) in [6, 6.07) is 7.47. The van der Waals surface area contributed by atoms with E-state index >= 15 is 0 Å². The van der Waals surface area contributed by atoms with Gasteiger partial charge in [-0.25, -0.2) is 4.68 Å². The van der Waals surface area contributed by atoms with Crippen LogP contribution in [0.2, 0.25) is 5.02 Å². The second-order valence-electron chi connectivity index (χ2n) is 3.34. The van der Waals surface area contributed by atoms with Crippen LogP contribution in [0.25, 0.3) is 11.3 Å². The van der Waals surface area contributed by atoms with Crippen LogP contribution < -0.4 is 0 Å². The van der Waals surface area contributed by atoms with Crippen LogP contribution in [0, 0.1) is 0 Å². The topological polar surface area (TPSA) is 50.9 Å². The number of hydrogen-bond acceptors (Lipinski definition) is 3. The van der Waals surface area contributed by atoms with Gasteiger partial charge < -0.3 is 5.11 Å². The van der Waals surface area contributed by atoms with Crippen molar-refractivity contribution < 1.29 is 5.11 Å². The van der Waals surface area contributed by atoms with E-state index in [-0.39, 0.29) is 6.61 Å². The third kappa shape index (κ3) is 1.81. The summed E-state index contributed by atoms with van der Waals surface area (Å²) < 4.78 is 1.73. The molecule has 0 fully saturated rings. The molecule has 0 unspecified atom stereocenters. The van der Waals surface area contributed by atoms with Gasteiger partial charge in [0.05, 0.1) is 17.3 Å². The Morgan fingerprint density at radius 1 is 1.38 bits per heavy atom. The van der Waals surface area contributed by atoms with E-state index in [1.165, 1.54) is 0 Å². The number of hydrogen-bond donors (Lipinski definition) is 1. The summed E-state index contributed by atoms with van der Waals surface area (Å²) in [7, 11) is 0. The van der Waals surface area contributed by atoms with Gasteiger partial charge in [-0.15, -0.1) is 5.10 Å². The molecule has 5 heteroatoms. The number of nitrogens with zero attached hydrogens (tertiary/aromatic N) is 3. The molecule has 16 heavy (non-hydrogen) atoms. The van der Waals surface area contributed by atoms with Crippen LogP contribution in [0.5, 0.6) is 0 Å². The highest BCUT2D eigenvalue weighted by Crippen LogP contribution is 2.29. The zero-order valence-electron chi connectivity index (χ0n) is 8.89. The van der Waals surface area contributed by atoms with Crippen LogP contribution in [0.15, 0.2) is 24.3 Å². The highest BCUT2D eigenvalue weighted by atomic mass is 35.5. The lowest BCUT2D eigenvalue weighted by Gasteiger charge is -2.06. The summed E-state index contributed by atoms with van der Waals surface area (Å²) in [6.45, 7) is 2.52. The Bertz CT molecular complexity index is 474. The van der Waals surface area contributed by atoms with E-state index in [9.17, 15) is 5.11 Å². The summed E-state index contributed by atoms with van der Waals surface area (Å²) in [5.41, 5.74) is 2.19. The first-order chi connectivity index (χ1) is 7.77. The molecule has 4 nitrogen and oxygen atoms in total. The lowest BCUT2D eigenvalue weighted by atomic mass is 10.1. The van der Waals surface area contributed by atoms with Gasteiger partial charge in [0.2, 0.25) is 0 Å². The van der Waals surface area contributed by atoms with Crippen LogP contribution in [-0.2, 0) is 13.2 Å². The van der Waals surface area contributed by atoms with Crippen LogP contribution >= 0.6 is 11.6 Å². The molecule has 0 spiro atoms. The summed E-state index contributed by atoms with van der Waals surface area (Å²) in [4.78, 5) is 0. The molecule has 0 bridgehead atoms. The Morgan fingerprint density at radius 3 is 2.75 bits per heavy atom. The van der Waals surface area contributed by atoms with Crippen molar-refractivity contribution in [3.8, 4) is 11.3 Å². The van der Waals surface area contributed by atoms with Crippen LogP contribution in [-0.4, -0.2) is 20.1 Å². The fourth-order valence-electron chi connectivity index (χ4n) is 1.62. The van der Waals surface area contributed by atoms with Crippen molar-refractivity contribution in [2.45, 2.75) is 20.1 Å². The fraction of sp³-hybridized carbons (Fsp3) is 0.273. The zero-order chi connectivity index (χ0) is 11.5. The van der Waals surface area contributed by atoms with Crippen molar-refractivity contribution >= 4 is 11.6 Å². The predicted octanol–water partition coefficient (Wildman–Crippen LogP) is 2.11. The summed E-state index contributed by atoms with van der Waals surface area (Å²) in [6.07, 6.45) is 0. The van der Waals surface area contributed by atoms with Gasteiger partial charge in [-0.3, -0.25) is 0 Å². The minimum absolute atomic E-state index is 0.138. The molecule has 0 atom stereocenters. The van der Waals surface area contributed by atoms with Crippen molar-refractivity contribution in [3.63, 3.8) is 0 Å². The van der Waals surface area contributed by atoms with E-state index < -0.39 is 0 Å². The lowest BCUT2D eigenvalue weighted by Crippen LogP contribution is -2.00. The molecule has 0 saturated carbocycles. The largest absolute Gasteiger partial charge is 0.390 e. The molecule has 1 aromatic heterocycles. The molecule has 1 N–H and O–H groups in total. The van der Waals surface area contributed by atoms with Crippen LogP contribution in [0.1, 0.15) is 12.6 Å². The maximum Gasteiger partial charge on any atom is 0.116 e. The number of aromatic nitrogens is 3. The number of aryl methyl sites for hydroxylation is 1. The molecular formula is C11H12ClN3O. The molecule has 2 rings (SSSR count). The molecule has 0 aliphatic heterocycles. The Labute approximate surface area is 98.5 Å². The van der Waals surface area contributed by atoms with E-state index in [0.29, 0.717) is 17.3 Å². The Morgan fingerprint density at radius 2 is 2.12 bits per heavy atom. The summed E-state index contributed by atoms with van der Waals surface area (Å²) in [5, 5.41) is 17.8. The zero-order valence-corrected chi connectivity index (χ0v) is 9.65. The van der Waals surface area contributed by atoms with Crippen LogP contribution in [0.3, 0.4) is 0 Å². The van der Waals surface area contributed by atoms with E-state index in [4.69, 9.17) is 11.6 Å². The average Bonchev–Trinajstić information content (AvgIpc) is 2.72. The van der Waals surface area contributed by atoms with Gasteiger partial charge in [-0.1, -0.05) is 35.0 Å². The van der Waals surface area contributed by atoms with Gasteiger partial charge in [-0.05, 0) is 13.0 Å². The maximum absolute atomic E-state index is 9.22. The highest BCUT2D eigenvalue weighted by Gasteiger charge is 2.15. The fourth-order valence-corrected chi connectivity index (χ4v) is 1.85. The average molecular weight is 238 g/mol. The first-order valence-electron chi connectivity index (χ1n) is 5.06. The normalized spacial score (nSPS) is 10.7. The van der Waals surface area contributed by atoms with Crippen molar-refractivity contribution in [1.29, 1.82) is 0 Å². The highest BCUT2D eigenvalue weighted by molar-refractivity contribution is 6.33. The van der Waals surface area contributed by atoms with Gasteiger partial charge in [0.1, 0.15) is 5.69 Å². The SMILES string of the molecule is CCn1nnc(CO)c1-c1ccccc1Cl. The van der Waals surface area contributed by atoms with Crippen molar-refractivity contribution in [3.05, 3.63) is 35.0 Å². The predicted molar refractivity (Wildman–Crippen MR) is 62.1 cm³/mol. The molecule has 0 aliphatic rings. The van der Waals surface area contributed by atoms with Gasteiger partial charge >= 0.3 is 0 Å².